The van der Waals surface area contributed by atoms with Crippen LogP contribution in [0.3, 0.4) is 0 Å². The van der Waals surface area contributed by atoms with E-state index in [-0.39, 0.29) is 5.41 Å². The van der Waals surface area contributed by atoms with E-state index in [0.717, 1.165) is 25.1 Å². The van der Waals surface area contributed by atoms with Crippen molar-refractivity contribution >= 4 is 0 Å². The molecule has 0 spiro atoms. The Labute approximate surface area is 110 Å². The normalized spacial score (nSPS) is 22.8. The van der Waals surface area contributed by atoms with E-state index in [2.05, 4.69) is 37.9 Å². The zero-order chi connectivity index (χ0) is 13.2. The molecule has 1 fully saturated rings. The molecule has 1 saturated heterocycles. The number of methoxy groups -OCH3 is 1. The molecule has 1 heterocycles. The van der Waals surface area contributed by atoms with Crippen LogP contribution in [0.5, 0.6) is 5.75 Å². The third-order valence-corrected chi connectivity index (χ3v) is 4.22. The number of hydrogen-bond acceptors (Lipinski definition) is 2. The van der Waals surface area contributed by atoms with Gasteiger partial charge in [0.1, 0.15) is 5.75 Å². The standard InChI is InChI=1S/C16H23NO/c1-12-9-10-17-15(16(12,2)3)11-13-7-5-6-8-14(13)18-4/h5-8,15,17H,1,9-11H2,2-4H3/t15-/m1/s1. The molecular formula is C16H23NO. The molecular weight excluding hydrogens is 222 g/mol. The molecule has 1 aliphatic rings. The summed E-state index contributed by atoms with van der Waals surface area (Å²) in [5, 5.41) is 3.62. The van der Waals surface area contributed by atoms with Gasteiger partial charge in [-0.05, 0) is 31.0 Å². The Kier molecular flexibility index (Phi) is 3.76. The number of ether oxygens (including phenoxy) is 1. The summed E-state index contributed by atoms with van der Waals surface area (Å²) in [4.78, 5) is 0. The van der Waals surface area contributed by atoms with Crippen molar-refractivity contribution in [1.29, 1.82) is 0 Å². The monoisotopic (exact) mass is 245 g/mol. The first kappa shape index (κ1) is 13.2. The fourth-order valence-electron chi connectivity index (χ4n) is 2.64. The first-order valence-corrected chi connectivity index (χ1v) is 6.59. The van der Waals surface area contributed by atoms with Gasteiger partial charge in [0.2, 0.25) is 0 Å². The molecule has 0 aliphatic carbocycles. The zero-order valence-corrected chi connectivity index (χ0v) is 11.6. The summed E-state index contributed by atoms with van der Waals surface area (Å²) in [7, 11) is 1.73. The number of benzene rings is 1. The summed E-state index contributed by atoms with van der Waals surface area (Å²) in [5.74, 6) is 0.978. The lowest BCUT2D eigenvalue weighted by Gasteiger charge is -2.41. The number of nitrogens with one attached hydrogen (secondary N) is 1. The molecule has 98 valence electrons. The molecule has 0 radical (unpaired) electrons. The van der Waals surface area contributed by atoms with Crippen LogP contribution in [0, 0.1) is 5.41 Å². The average molecular weight is 245 g/mol. The second-order valence-corrected chi connectivity index (χ2v) is 5.60. The largest absolute Gasteiger partial charge is 0.496 e. The second-order valence-electron chi connectivity index (χ2n) is 5.60. The van der Waals surface area contributed by atoms with Gasteiger partial charge in [-0.25, -0.2) is 0 Å². The van der Waals surface area contributed by atoms with E-state index in [1.807, 2.05) is 12.1 Å². The fraction of sp³-hybridized carbons (Fsp3) is 0.500. The highest BCUT2D eigenvalue weighted by atomic mass is 16.5. The summed E-state index contributed by atoms with van der Waals surface area (Å²) in [6.45, 7) is 9.82. The van der Waals surface area contributed by atoms with Gasteiger partial charge in [-0.1, -0.05) is 44.2 Å². The topological polar surface area (TPSA) is 21.3 Å². The average Bonchev–Trinajstić information content (AvgIpc) is 2.36. The maximum atomic E-state index is 5.43. The summed E-state index contributed by atoms with van der Waals surface area (Å²) < 4.78 is 5.43. The van der Waals surface area contributed by atoms with Crippen LogP contribution < -0.4 is 10.1 Å². The van der Waals surface area contributed by atoms with E-state index >= 15 is 0 Å². The molecule has 0 amide bonds. The van der Waals surface area contributed by atoms with Gasteiger partial charge in [-0.2, -0.15) is 0 Å². The third kappa shape index (κ3) is 2.44. The predicted molar refractivity (Wildman–Crippen MR) is 76.0 cm³/mol. The number of piperidine rings is 1. The lowest BCUT2D eigenvalue weighted by atomic mass is 9.72. The number of para-hydroxylation sites is 1. The van der Waals surface area contributed by atoms with Crippen molar-refractivity contribution in [3.05, 3.63) is 42.0 Å². The van der Waals surface area contributed by atoms with Crippen LogP contribution in [0.25, 0.3) is 0 Å². The summed E-state index contributed by atoms with van der Waals surface area (Å²) >= 11 is 0. The van der Waals surface area contributed by atoms with Crippen molar-refractivity contribution < 1.29 is 4.74 Å². The highest BCUT2D eigenvalue weighted by Gasteiger charge is 2.35. The van der Waals surface area contributed by atoms with Crippen LogP contribution in [0.15, 0.2) is 36.4 Å². The van der Waals surface area contributed by atoms with Crippen molar-refractivity contribution in [2.24, 2.45) is 5.41 Å². The van der Waals surface area contributed by atoms with Crippen molar-refractivity contribution in [1.82, 2.24) is 5.32 Å². The maximum Gasteiger partial charge on any atom is 0.122 e. The predicted octanol–water partition coefficient (Wildman–Crippen LogP) is 3.18. The third-order valence-electron chi connectivity index (χ3n) is 4.22. The highest BCUT2D eigenvalue weighted by molar-refractivity contribution is 5.35. The van der Waals surface area contributed by atoms with Gasteiger partial charge in [0, 0.05) is 11.5 Å². The van der Waals surface area contributed by atoms with Gasteiger partial charge in [0.05, 0.1) is 7.11 Å². The minimum absolute atomic E-state index is 0.138. The smallest absolute Gasteiger partial charge is 0.122 e. The first-order chi connectivity index (χ1) is 8.55. The first-order valence-electron chi connectivity index (χ1n) is 6.59. The van der Waals surface area contributed by atoms with E-state index in [9.17, 15) is 0 Å². The van der Waals surface area contributed by atoms with Gasteiger partial charge in [-0.3, -0.25) is 0 Å². The van der Waals surface area contributed by atoms with Gasteiger partial charge < -0.3 is 10.1 Å². The maximum absolute atomic E-state index is 5.43. The molecule has 1 N–H and O–H groups in total. The Hall–Kier alpha value is -1.28. The van der Waals surface area contributed by atoms with Gasteiger partial charge in [-0.15, -0.1) is 0 Å². The Morgan fingerprint density at radius 2 is 2.11 bits per heavy atom. The molecule has 0 bridgehead atoms. The summed E-state index contributed by atoms with van der Waals surface area (Å²) in [6.07, 6.45) is 2.06. The van der Waals surface area contributed by atoms with Gasteiger partial charge in [0.15, 0.2) is 0 Å². The quantitative estimate of drug-likeness (QED) is 0.826. The number of rotatable bonds is 3. The minimum Gasteiger partial charge on any atom is -0.496 e. The van der Waals surface area contributed by atoms with Gasteiger partial charge in [0.25, 0.3) is 0 Å². The molecule has 1 aromatic rings. The van der Waals surface area contributed by atoms with E-state index in [1.165, 1.54) is 11.1 Å². The van der Waals surface area contributed by atoms with Crippen molar-refractivity contribution in [3.63, 3.8) is 0 Å². The Morgan fingerprint density at radius 1 is 1.39 bits per heavy atom. The molecule has 1 atom stereocenters. The van der Waals surface area contributed by atoms with E-state index in [0.29, 0.717) is 6.04 Å². The lowest BCUT2D eigenvalue weighted by Crippen LogP contribution is -2.49. The van der Waals surface area contributed by atoms with E-state index in [1.54, 1.807) is 7.11 Å². The molecule has 0 saturated carbocycles. The van der Waals surface area contributed by atoms with Crippen molar-refractivity contribution in [2.45, 2.75) is 32.7 Å². The molecule has 1 aromatic carbocycles. The molecule has 2 heteroatoms. The molecule has 18 heavy (non-hydrogen) atoms. The van der Waals surface area contributed by atoms with Crippen LogP contribution in [0.1, 0.15) is 25.8 Å². The van der Waals surface area contributed by atoms with E-state index < -0.39 is 0 Å². The van der Waals surface area contributed by atoms with Crippen molar-refractivity contribution in [2.75, 3.05) is 13.7 Å². The molecule has 2 nitrogen and oxygen atoms in total. The number of hydrogen-bond donors (Lipinski definition) is 1. The molecule has 2 rings (SSSR count). The lowest BCUT2D eigenvalue weighted by molar-refractivity contribution is 0.249. The SMILES string of the molecule is C=C1CCN[C@H](Cc2ccccc2OC)C1(C)C. The summed E-state index contributed by atoms with van der Waals surface area (Å²) in [5.41, 5.74) is 2.75. The highest BCUT2D eigenvalue weighted by Crippen LogP contribution is 2.36. The molecule has 0 unspecified atom stereocenters. The van der Waals surface area contributed by atoms with Crippen LogP contribution in [0.2, 0.25) is 0 Å². The Bertz CT molecular complexity index is 436. The second kappa shape index (κ2) is 5.15. The Morgan fingerprint density at radius 3 is 2.83 bits per heavy atom. The molecule has 1 aliphatic heterocycles. The van der Waals surface area contributed by atoms with Crippen molar-refractivity contribution in [3.8, 4) is 5.75 Å². The van der Waals surface area contributed by atoms with Gasteiger partial charge >= 0.3 is 0 Å². The minimum atomic E-state index is 0.138. The van der Waals surface area contributed by atoms with Crippen LogP contribution >= 0.6 is 0 Å². The molecule has 0 aromatic heterocycles. The van der Waals surface area contributed by atoms with E-state index in [4.69, 9.17) is 4.74 Å². The Balaban J connectivity index is 2.20. The fourth-order valence-corrected chi connectivity index (χ4v) is 2.64. The van der Waals surface area contributed by atoms with Crippen LogP contribution in [0.4, 0.5) is 0 Å². The van der Waals surface area contributed by atoms with Crippen LogP contribution in [-0.2, 0) is 6.42 Å². The van der Waals surface area contributed by atoms with Crippen LogP contribution in [-0.4, -0.2) is 19.7 Å². The zero-order valence-electron chi connectivity index (χ0n) is 11.6. The summed E-state index contributed by atoms with van der Waals surface area (Å²) in [6, 6.07) is 8.69.